The molecule has 0 aliphatic rings. The van der Waals surface area contributed by atoms with Crippen molar-refractivity contribution in [2.45, 2.75) is 6.92 Å². The Balaban J connectivity index is 2.48. The number of hydrogen-bond donors (Lipinski definition) is 0. The van der Waals surface area contributed by atoms with Gasteiger partial charge in [-0.1, -0.05) is 18.2 Å². The van der Waals surface area contributed by atoms with E-state index in [4.69, 9.17) is 9.47 Å². The number of rotatable bonds is 6. The number of carbonyl (C=O) groups excluding carboxylic acids is 2. The Morgan fingerprint density at radius 1 is 1.16 bits per heavy atom. The number of Topliss-reactive ketones (excluding diaryl/α,β-unsaturated/α-hetero) is 1. The van der Waals surface area contributed by atoms with Gasteiger partial charge in [-0.2, -0.15) is 0 Å². The molecule has 1 aromatic rings. The van der Waals surface area contributed by atoms with Crippen LogP contribution in [0.25, 0.3) is 0 Å². The van der Waals surface area contributed by atoms with Crippen LogP contribution in [0.15, 0.2) is 48.6 Å². The molecule has 19 heavy (non-hydrogen) atoms. The van der Waals surface area contributed by atoms with Crippen LogP contribution in [-0.4, -0.2) is 25.5 Å². The summed E-state index contributed by atoms with van der Waals surface area (Å²) >= 11 is 0. The maximum atomic E-state index is 11.7. The van der Waals surface area contributed by atoms with E-state index < -0.39 is 5.97 Å². The quantitative estimate of drug-likeness (QED) is 0.341. The molecule has 0 aliphatic carbocycles. The van der Waals surface area contributed by atoms with Gasteiger partial charge in [-0.15, -0.1) is 0 Å². The normalized spacial score (nSPS) is 10.8. The number of ketones is 1. The van der Waals surface area contributed by atoms with Gasteiger partial charge in [-0.25, -0.2) is 4.79 Å². The summed E-state index contributed by atoms with van der Waals surface area (Å²) in [5.74, 6) is -0.127. The third kappa shape index (κ3) is 5.21. The Labute approximate surface area is 112 Å². The fraction of sp³-hybridized carbons (Fsp3) is 0.200. The second-order valence-corrected chi connectivity index (χ2v) is 3.64. The molecule has 0 atom stereocenters. The van der Waals surface area contributed by atoms with Crippen LogP contribution >= 0.6 is 0 Å². The Bertz CT molecular complexity index is 483. The number of ether oxygens (including phenoxy) is 2. The molecular formula is C15H16O4. The van der Waals surface area contributed by atoms with Gasteiger partial charge in [0.15, 0.2) is 12.4 Å². The van der Waals surface area contributed by atoms with Crippen molar-refractivity contribution >= 4 is 11.8 Å². The minimum absolute atomic E-state index is 0.254. The van der Waals surface area contributed by atoms with Crippen LogP contribution in [0, 0.1) is 0 Å². The molecule has 0 N–H and O–H groups in total. The molecule has 0 spiro atoms. The third-order valence-electron chi connectivity index (χ3n) is 2.29. The highest BCUT2D eigenvalue weighted by atomic mass is 16.5. The molecular weight excluding hydrogens is 244 g/mol. The highest BCUT2D eigenvalue weighted by molar-refractivity contribution is 5.98. The molecule has 0 aliphatic heterocycles. The summed E-state index contributed by atoms with van der Waals surface area (Å²) in [7, 11) is 1.55. The first-order chi connectivity index (χ1) is 9.17. The van der Waals surface area contributed by atoms with E-state index in [-0.39, 0.29) is 12.4 Å². The Kier molecular flexibility index (Phi) is 6.09. The fourth-order valence-electron chi connectivity index (χ4n) is 1.29. The summed E-state index contributed by atoms with van der Waals surface area (Å²) in [4.78, 5) is 23.0. The predicted molar refractivity (Wildman–Crippen MR) is 72.2 cm³/mol. The van der Waals surface area contributed by atoms with E-state index in [2.05, 4.69) is 0 Å². The molecule has 0 saturated carbocycles. The number of esters is 1. The average molecular weight is 260 g/mol. The lowest BCUT2D eigenvalue weighted by molar-refractivity contribution is -0.136. The molecule has 1 rings (SSSR count). The van der Waals surface area contributed by atoms with Gasteiger partial charge in [0.2, 0.25) is 0 Å². The van der Waals surface area contributed by atoms with Gasteiger partial charge in [0.05, 0.1) is 7.11 Å². The molecule has 0 heterocycles. The summed E-state index contributed by atoms with van der Waals surface area (Å²) < 4.78 is 9.81. The summed E-state index contributed by atoms with van der Waals surface area (Å²) in [6, 6.07) is 6.62. The van der Waals surface area contributed by atoms with Crippen LogP contribution in [-0.2, 0) is 9.53 Å². The zero-order valence-electron chi connectivity index (χ0n) is 11.0. The first-order valence-corrected chi connectivity index (χ1v) is 5.80. The van der Waals surface area contributed by atoms with E-state index in [1.807, 2.05) is 6.92 Å². The van der Waals surface area contributed by atoms with Crippen LogP contribution in [0.4, 0.5) is 0 Å². The maximum absolute atomic E-state index is 11.7. The van der Waals surface area contributed by atoms with Gasteiger partial charge in [-0.3, -0.25) is 4.79 Å². The standard InChI is InChI=1S/C15H16O4/c1-3-4-5-6-15(17)19-11-14(16)12-7-9-13(18-2)10-8-12/h3-10H,11H2,1-2H3/b4-3+,6-5+. The van der Waals surface area contributed by atoms with E-state index in [9.17, 15) is 9.59 Å². The SMILES string of the molecule is C/C=C/C=C/C(=O)OCC(=O)c1ccc(OC)cc1. The average Bonchev–Trinajstić information content (AvgIpc) is 2.45. The molecule has 100 valence electrons. The number of benzene rings is 1. The predicted octanol–water partition coefficient (Wildman–Crippen LogP) is 2.55. The Morgan fingerprint density at radius 2 is 1.84 bits per heavy atom. The van der Waals surface area contributed by atoms with E-state index in [1.54, 1.807) is 49.6 Å². The molecule has 0 fully saturated rings. The first-order valence-electron chi connectivity index (χ1n) is 5.80. The van der Waals surface area contributed by atoms with Crippen molar-refractivity contribution in [2.75, 3.05) is 13.7 Å². The van der Waals surface area contributed by atoms with Crippen LogP contribution in [0.5, 0.6) is 5.75 Å². The minimum atomic E-state index is -0.542. The largest absolute Gasteiger partial charge is 0.497 e. The van der Waals surface area contributed by atoms with E-state index in [0.717, 1.165) is 0 Å². The van der Waals surface area contributed by atoms with E-state index in [1.165, 1.54) is 6.08 Å². The lowest BCUT2D eigenvalue weighted by atomic mass is 10.1. The van der Waals surface area contributed by atoms with Gasteiger partial charge in [0, 0.05) is 11.6 Å². The zero-order chi connectivity index (χ0) is 14.1. The van der Waals surface area contributed by atoms with E-state index >= 15 is 0 Å². The Hall–Kier alpha value is -2.36. The smallest absolute Gasteiger partial charge is 0.331 e. The van der Waals surface area contributed by atoms with E-state index in [0.29, 0.717) is 11.3 Å². The van der Waals surface area contributed by atoms with Crippen molar-refractivity contribution in [2.24, 2.45) is 0 Å². The van der Waals surface area contributed by atoms with Crippen LogP contribution in [0.1, 0.15) is 17.3 Å². The minimum Gasteiger partial charge on any atom is -0.497 e. The molecule has 0 saturated heterocycles. The lowest BCUT2D eigenvalue weighted by Gasteiger charge is -2.03. The molecule has 0 radical (unpaired) electrons. The van der Waals surface area contributed by atoms with Gasteiger partial charge < -0.3 is 9.47 Å². The van der Waals surface area contributed by atoms with Crippen LogP contribution in [0.2, 0.25) is 0 Å². The molecule has 0 bridgehead atoms. The summed E-state index contributed by atoms with van der Waals surface area (Å²) in [6.45, 7) is 1.56. The van der Waals surface area contributed by atoms with Crippen molar-refractivity contribution < 1.29 is 19.1 Å². The number of methoxy groups -OCH3 is 1. The van der Waals surface area contributed by atoms with Crippen LogP contribution < -0.4 is 4.74 Å². The summed E-state index contributed by atoms with van der Waals surface area (Å²) in [6.07, 6.45) is 6.31. The third-order valence-corrected chi connectivity index (χ3v) is 2.29. The summed E-state index contributed by atoms with van der Waals surface area (Å²) in [5, 5.41) is 0. The highest BCUT2D eigenvalue weighted by Gasteiger charge is 2.08. The number of hydrogen-bond acceptors (Lipinski definition) is 4. The monoisotopic (exact) mass is 260 g/mol. The number of carbonyl (C=O) groups is 2. The summed E-state index contributed by atoms with van der Waals surface area (Å²) in [5.41, 5.74) is 0.478. The second kappa shape index (κ2) is 7.87. The highest BCUT2D eigenvalue weighted by Crippen LogP contribution is 2.11. The first kappa shape index (κ1) is 14.7. The topological polar surface area (TPSA) is 52.6 Å². The van der Waals surface area contributed by atoms with Gasteiger partial charge in [0.25, 0.3) is 0 Å². The lowest BCUT2D eigenvalue weighted by Crippen LogP contribution is -2.12. The van der Waals surface area contributed by atoms with Crippen molar-refractivity contribution in [1.29, 1.82) is 0 Å². The molecule has 0 amide bonds. The van der Waals surface area contributed by atoms with Crippen molar-refractivity contribution in [3.8, 4) is 5.75 Å². The number of allylic oxidation sites excluding steroid dienone is 3. The van der Waals surface area contributed by atoms with Crippen molar-refractivity contribution in [1.82, 2.24) is 0 Å². The second-order valence-electron chi connectivity index (χ2n) is 3.64. The van der Waals surface area contributed by atoms with Gasteiger partial charge in [0.1, 0.15) is 5.75 Å². The molecule has 1 aromatic carbocycles. The zero-order valence-corrected chi connectivity index (χ0v) is 11.0. The van der Waals surface area contributed by atoms with Crippen molar-refractivity contribution in [3.63, 3.8) is 0 Å². The maximum Gasteiger partial charge on any atom is 0.331 e. The fourth-order valence-corrected chi connectivity index (χ4v) is 1.29. The molecule has 4 nitrogen and oxygen atoms in total. The molecule has 0 unspecified atom stereocenters. The van der Waals surface area contributed by atoms with Gasteiger partial charge >= 0.3 is 5.97 Å². The van der Waals surface area contributed by atoms with Crippen LogP contribution in [0.3, 0.4) is 0 Å². The molecule has 0 aromatic heterocycles. The van der Waals surface area contributed by atoms with Crippen molar-refractivity contribution in [3.05, 3.63) is 54.1 Å². The van der Waals surface area contributed by atoms with Gasteiger partial charge in [-0.05, 0) is 31.2 Å². The Morgan fingerprint density at radius 3 is 2.42 bits per heavy atom. The molecule has 4 heteroatoms.